The molecule has 0 radical (unpaired) electrons. The third kappa shape index (κ3) is 7.98. The predicted molar refractivity (Wildman–Crippen MR) is 133 cm³/mol. The number of hydrogen-bond donors (Lipinski definition) is 1. The molecule has 5 heteroatoms. The van der Waals surface area contributed by atoms with Crippen molar-refractivity contribution in [1.82, 2.24) is 10.2 Å². The molecule has 0 saturated carbocycles. The summed E-state index contributed by atoms with van der Waals surface area (Å²) in [6, 6.07) is 15.3. The molecule has 0 aliphatic rings. The molecule has 0 heterocycles. The summed E-state index contributed by atoms with van der Waals surface area (Å²) < 4.78 is 0. The van der Waals surface area contributed by atoms with Crippen LogP contribution in [0.2, 0.25) is 5.02 Å². The minimum Gasteiger partial charge on any atom is -0.354 e. The Hall–Kier alpha value is -2.33. The summed E-state index contributed by atoms with van der Waals surface area (Å²) in [4.78, 5) is 27.6. The minimum atomic E-state index is -0.566. The van der Waals surface area contributed by atoms with Crippen molar-refractivity contribution in [1.29, 1.82) is 0 Å². The van der Waals surface area contributed by atoms with E-state index in [-0.39, 0.29) is 17.2 Å². The standard InChI is InChI=1S/C27H37ClN2O2/c1-19(2)17-29-26(32)20(3)30(18-22-8-7-9-24(28)16-22)25(31)15-12-21-10-13-23(14-11-21)27(4,5)6/h7-11,13-14,16,19-20H,12,15,17-18H2,1-6H3,(H,29,32)/t20-/m1/s1. The lowest BCUT2D eigenvalue weighted by Gasteiger charge is -2.29. The van der Waals surface area contributed by atoms with Crippen LogP contribution in [0.25, 0.3) is 0 Å². The monoisotopic (exact) mass is 456 g/mol. The van der Waals surface area contributed by atoms with Crippen LogP contribution in [0.1, 0.15) is 64.7 Å². The zero-order chi connectivity index (χ0) is 23.9. The number of hydrogen-bond acceptors (Lipinski definition) is 2. The number of nitrogens with zero attached hydrogens (tertiary/aromatic N) is 1. The summed E-state index contributed by atoms with van der Waals surface area (Å²) in [7, 11) is 0. The Morgan fingerprint density at radius 2 is 1.66 bits per heavy atom. The van der Waals surface area contributed by atoms with Crippen LogP contribution in [0, 0.1) is 5.92 Å². The van der Waals surface area contributed by atoms with Crippen LogP contribution in [0.4, 0.5) is 0 Å². The normalized spacial score (nSPS) is 12.5. The second-order valence-electron chi connectivity index (χ2n) is 9.91. The Labute approximate surface area is 198 Å². The first kappa shape index (κ1) is 25.9. The van der Waals surface area contributed by atoms with Gasteiger partial charge >= 0.3 is 0 Å². The van der Waals surface area contributed by atoms with E-state index in [1.165, 1.54) is 5.56 Å². The van der Waals surface area contributed by atoms with Crippen LogP contribution >= 0.6 is 11.6 Å². The van der Waals surface area contributed by atoms with Crippen LogP contribution < -0.4 is 5.32 Å². The molecule has 0 spiro atoms. The second-order valence-corrected chi connectivity index (χ2v) is 10.3. The number of amides is 2. The van der Waals surface area contributed by atoms with E-state index >= 15 is 0 Å². The van der Waals surface area contributed by atoms with Gasteiger partial charge in [-0.15, -0.1) is 0 Å². The van der Waals surface area contributed by atoms with Crippen molar-refractivity contribution in [2.24, 2.45) is 5.92 Å². The fourth-order valence-corrected chi connectivity index (χ4v) is 3.65. The summed E-state index contributed by atoms with van der Waals surface area (Å²) >= 11 is 6.14. The smallest absolute Gasteiger partial charge is 0.242 e. The van der Waals surface area contributed by atoms with Gasteiger partial charge in [0.1, 0.15) is 6.04 Å². The Morgan fingerprint density at radius 1 is 1.00 bits per heavy atom. The van der Waals surface area contributed by atoms with Crippen LogP contribution in [-0.2, 0) is 28.0 Å². The van der Waals surface area contributed by atoms with Gasteiger partial charge in [-0.1, -0.05) is 82.6 Å². The Bertz CT molecular complexity index is 901. The maximum absolute atomic E-state index is 13.2. The Kier molecular flexibility index (Phi) is 9.33. The average Bonchev–Trinajstić information content (AvgIpc) is 2.73. The van der Waals surface area contributed by atoms with Gasteiger partial charge < -0.3 is 10.2 Å². The highest BCUT2D eigenvalue weighted by atomic mass is 35.5. The van der Waals surface area contributed by atoms with Gasteiger partial charge in [0, 0.05) is 24.5 Å². The van der Waals surface area contributed by atoms with E-state index in [1.54, 1.807) is 17.9 Å². The summed E-state index contributed by atoms with van der Waals surface area (Å²) in [6.45, 7) is 13.4. The van der Waals surface area contributed by atoms with Crippen molar-refractivity contribution in [2.75, 3.05) is 6.54 Å². The van der Waals surface area contributed by atoms with Crippen molar-refractivity contribution >= 4 is 23.4 Å². The molecule has 4 nitrogen and oxygen atoms in total. The van der Waals surface area contributed by atoms with Gasteiger partial charge in [-0.3, -0.25) is 9.59 Å². The summed E-state index contributed by atoms with van der Waals surface area (Å²) in [6.07, 6.45) is 0.979. The zero-order valence-corrected chi connectivity index (χ0v) is 21.0. The van der Waals surface area contributed by atoms with Gasteiger partial charge in [-0.2, -0.15) is 0 Å². The molecule has 32 heavy (non-hydrogen) atoms. The fraction of sp³-hybridized carbons (Fsp3) is 0.481. The molecular formula is C27H37ClN2O2. The molecule has 2 aromatic carbocycles. The van der Waals surface area contributed by atoms with Crippen molar-refractivity contribution in [3.05, 3.63) is 70.2 Å². The van der Waals surface area contributed by atoms with E-state index in [2.05, 4.69) is 50.4 Å². The topological polar surface area (TPSA) is 49.4 Å². The molecule has 0 aromatic heterocycles. The predicted octanol–water partition coefficient (Wildman–Crippen LogP) is 5.76. The van der Waals surface area contributed by atoms with E-state index in [0.29, 0.717) is 36.9 Å². The van der Waals surface area contributed by atoms with Crippen molar-refractivity contribution in [3.63, 3.8) is 0 Å². The lowest BCUT2D eigenvalue weighted by atomic mass is 9.86. The van der Waals surface area contributed by atoms with Gasteiger partial charge in [0.25, 0.3) is 0 Å². The van der Waals surface area contributed by atoms with Crippen molar-refractivity contribution in [2.45, 2.75) is 72.4 Å². The zero-order valence-electron chi connectivity index (χ0n) is 20.2. The molecule has 0 aliphatic carbocycles. The lowest BCUT2D eigenvalue weighted by Crippen LogP contribution is -2.48. The van der Waals surface area contributed by atoms with E-state index in [0.717, 1.165) is 11.1 Å². The molecule has 2 aromatic rings. The van der Waals surface area contributed by atoms with E-state index in [1.807, 2.05) is 32.0 Å². The van der Waals surface area contributed by atoms with Gasteiger partial charge in [-0.25, -0.2) is 0 Å². The lowest BCUT2D eigenvalue weighted by molar-refractivity contribution is -0.140. The molecule has 0 bridgehead atoms. The highest BCUT2D eigenvalue weighted by molar-refractivity contribution is 6.30. The number of aryl methyl sites for hydroxylation is 1. The van der Waals surface area contributed by atoms with Crippen LogP contribution in [0.5, 0.6) is 0 Å². The third-order valence-electron chi connectivity index (χ3n) is 5.54. The molecule has 174 valence electrons. The average molecular weight is 457 g/mol. The number of rotatable bonds is 9. The molecular weight excluding hydrogens is 420 g/mol. The van der Waals surface area contributed by atoms with E-state index < -0.39 is 6.04 Å². The molecule has 1 N–H and O–H groups in total. The summed E-state index contributed by atoms with van der Waals surface area (Å²) in [5, 5.41) is 3.57. The van der Waals surface area contributed by atoms with Crippen LogP contribution in [-0.4, -0.2) is 29.3 Å². The molecule has 2 amide bonds. The minimum absolute atomic E-state index is 0.0444. The highest BCUT2D eigenvalue weighted by Gasteiger charge is 2.26. The summed E-state index contributed by atoms with van der Waals surface area (Å²) in [5.41, 5.74) is 3.39. The number of carbonyl (C=O) groups excluding carboxylic acids is 2. The van der Waals surface area contributed by atoms with Crippen LogP contribution in [0.15, 0.2) is 48.5 Å². The van der Waals surface area contributed by atoms with Crippen molar-refractivity contribution in [3.8, 4) is 0 Å². The molecule has 1 atom stereocenters. The molecule has 2 rings (SSSR count). The third-order valence-corrected chi connectivity index (χ3v) is 5.78. The number of nitrogens with one attached hydrogen (secondary N) is 1. The van der Waals surface area contributed by atoms with Gasteiger partial charge in [-0.05, 0) is 53.5 Å². The molecule has 0 saturated heterocycles. The fourth-order valence-electron chi connectivity index (χ4n) is 3.43. The Morgan fingerprint density at radius 3 is 2.22 bits per heavy atom. The SMILES string of the molecule is CC(C)CNC(=O)[C@@H](C)N(Cc1cccc(Cl)c1)C(=O)CCc1ccc(C(C)(C)C)cc1. The number of halogens is 1. The Balaban J connectivity index is 2.12. The van der Waals surface area contributed by atoms with E-state index in [4.69, 9.17) is 11.6 Å². The van der Waals surface area contributed by atoms with Gasteiger partial charge in [0.05, 0.1) is 0 Å². The largest absolute Gasteiger partial charge is 0.354 e. The maximum Gasteiger partial charge on any atom is 0.242 e. The molecule has 0 aliphatic heterocycles. The quantitative estimate of drug-likeness (QED) is 0.521. The first-order valence-corrected chi connectivity index (χ1v) is 11.8. The molecule has 0 fully saturated rings. The second kappa shape index (κ2) is 11.5. The van der Waals surface area contributed by atoms with E-state index in [9.17, 15) is 9.59 Å². The number of carbonyl (C=O) groups is 2. The maximum atomic E-state index is 13.2. The highest BCUT2D eigenvalue weighted by Crippen LogP contribution is 2.23. The number of benzene rings is 2. The van der Waals surface area contributed by atoms with Crippen molar-refractivity contribution < 1.29 is 9.59 Å². The first-order valence-electron chi connectivity index (χ1n) is 11.4. The summed E-state index contributed by atoms with van der Waals surface area (Å²) in [5.74, 6) is 0.167. The first-order chi connectivity index (χ1) is 15.0. The van der Waals surface area contributed by atoms with Gasteiger partial charge in [0.2, 0.25) is 11.8 Å². The van der Waals surface area contributed by atoms with Gasteiger partial charge in [0.15, 0.2) is 0 Å². The van der Waals surface area contributed by atoms with Crippen LogP contribution in [0.3, 0.4) is 0 Å². The molecule has 0 unspecified atom stereocenters.